The van der Waals surface area contributed by atoms with Crippen molar-refractivity contribution in [2.75, 3.05) is 27.0 Å². The number of benzene rings is 2. The van der Waals surface area contributed by atoms with Crippen LogP contribution in [0.15, 0.2) is 35.2 Å². The van der Waals surface area contributed by atoms with Crippen molar-refractivity contribution in [1.82, 2.24) is 5.32 Å². The van der Waals surface area contributed by atoms with Gasteiger partial charge in [0.25, 0.3) is 0 Å². The topological polar surface area (TPSA) is 71.4 Å². The lowest BCUT2D eigenvalue weighted by Gasteiger charge is -2.15. The second-order valence-corrected chi connectivity index (χ2v) is 8.79. The van der Waals surface area contributed by atoms with E-state index >= 15 is 0 Å². The van der Waals surface area contributed by atoms with E-state index in [1.807, 2.05) is 19.1 Å². The standard InChI is InChI=1S/C19H25ClN2O3S/c1-13-7-14(9-16(20)8-13)12-22-6-5-15-10-18(25-3)19(26(4,21)23)11-17(15)24-2/h7-11,21-22H,5-6,12H2,1-4H3. The average molecular weight is 397 g/mol. The van der Waals surface area contributed by atoms with Crippen LogP contribution >= 0.6 is 11.6 Å². The minimum Gasteiger partial charge on any atom is -0.496 e. The normalized spacial score (nSPS) is 13.3. The Balaban J connectivity index is 2.09. The van der Waals surface area contributed by atoms with Crippen molar-refractivity contribution in [2.45, 2.75) is 24.8 Å². The third-order valence-corrected chi connectivity index (χ3v) is 5.37. The smallest absolute Gasteiger partial charge is 0.136 e. The van der Waals surface area contributed by atoms with Gasteiger partial charge in [-0.15, -0.1) is 0 Å². The van der Waals surface area contributed by atoms with Crippen LogP contribution in [0.4, 0.5) is 0 Å². The Kier molecular flexibility index (Phi) is 6.92. The zero-order valence-electron chi connectivity index (χ0n) is 15.5. The second-order valence-electron chi connectivity index (χ2n) is 6.22. The summed E-state index contributed by atoms with van der Waals surface area (Å²) < 4.78 is 30.7. The molecule has 2 aromatic carbocycles. The molecule has 0 aromatic heterocycles. The van der Waals surface area contributed by atoms with Crippen LogP contribution in [0, 0.1) is 11.7 Å². The number of nitrogens with one attached hydrogen (secondary N) is 2. The van der Waals surface area contributed by atoms with Crippen LogP contribution < -0.4 is 14.8 Å². The highest BCUT2D eigenvalue weighted by Gasteiger charge is 2.16. The maximum Gasteiger partial charge on any atom is 0.136 e. The van der Waals surface area contributed by atoms with E-state index in [-0.39, 0.29) is 0 Å². The lowest BCUT2D eigenvalue weighted by atomic mass is 10.1. The van der Waals surface area contributed by atoms with Gasteiger partial charge in [-0.3, -0.25) is 0 Å². The van der Waals surface area contributed by atoms with Gasteiger partial charge >= 0.3 is 0 Å². The molecule has 0 aliphatic carbocycles. The van der Waals surface area contributed by atoms with Gasteiger partial charge in [-0.1, -0.05) is 17.7 Å². The molecule has 0 aliphatic rings. The largest absolute Gasteiger partial charge is 0.496 e. The van der Waals surface area contributed by atoms with E-state index in [4.69, 9.17) is 25.9 Å². The summed E-state index contributed by atoms with van der Waals surface area (Å²) in [6, 6.07) is 9.43. The predicted octanol–water partition coefficient (Wildman–Crippen LogP) is 4.03. The molecule has 0 fully saturated rings. The van der Waals surface area contributed by atoms with Gasteiger partial charge in [0.2, 0.25) is 0 Å². The Hall–Kier alpha value is -1.76. The number of hydrogen-bond donors (Lipinski definition) is 2. The quantitative estimate of drug-likeness (QED) is 0.661. The zero-order valence-corrected chi connectivity index (χ0v) is 17.1. The molecule has 0 radical (unpaired) electrons. The number of methoxy groups -OCH3 is 2. The van der Waals surface area contributed by atoms with Crippen molar-refractivity contribution in [3.63, 3.8) is 0 Å². The molecular weight excluding hydrogens is 372 g/mol. The van der Waals surface area contributed by atoms with Crippen molar-refractivity contribution < 1.29 is 13.7 Å². The summed E-state index contributed by atoms with van der Waals surface area (Å²) in [5.41, 5.74) is 3.20. The van der Waals surface area contributed by atoms with Crippen molar-refractivity contribution in [3.8, 4) is 11.5 Å². The summed E-state index contributed by atoms with van der Waals surface area (Å²) in [6.45, 7) is 3.47. The maximum absolute atomic E-state index is 12.1. The van der Waals surface area contributed by atoms with Crippen LogP contribution in [0.3, 0.4) is 0 Å². The lowest BCUT2D eigenvalue weighted by molar-refractivity contribution is 0.389. The van der Waals surface area contributed by atoms with Crippen LogP contribution in [0.25, 0.3) is 0 Å². The molecule has 7 heteroatoms. The van der Waals surface area contributed by atoms with Crippen LogP contribution in [0.2, 0.25) is 5.02 Å². The fourth-order valence-corrected chi connectivity index (χ4v) is 3.97. The molecule has 5 nitrogen and oxygen atoms in total. The first kappa shape index (κ1) is 20.6. The van der Waals surface area contributed by atoms with Crippen molar-refractivity contribution in [2.24, 2.45) is 0 Å². The first-order valence-corrected chi connectivity index (χ1v) is 10.5. The maximum atomic E-state index is 12.1. The fraction of sp³-hybridized carbons (Fsp3) is 0.368. The summed E-state index contributed by atoms with van der Waals surface area (Å²) in [5, 5.41) is 4.13. The molecule has 142 valence electrons. The third-order valence-electron chi connectivity index (χ3n) is 3.99. The molecule has 0 amide bonds. The minimum atomic E-state index is -2.90. The molecule has 0 heterocycles. The lowest BCUT2D eigenvalue weighted by Crippen LogP contribution is -2.17. The Morgan fingerprint density at radius 1 is 1.12 bits per heavy atom. The number of hydrogen-bond acceptors (Lipinski definition) is 5. The zero-order chi connectivity index (χ0) is 19.3. The molecule has 2 rings (SSSR count). The fourth-order valence-electron chi connectivity index (χ4n) is 2.80. The summed E-state index contributed by atoms with van der Waals surface area (Å²) in [5.74, 6) is 1.07. The molecule has 0 spiro atoms. The molecule has 1 unspecified atom stereocenters. The van der Waals surface area contributed by atoms with E-state index in [0.717, 1.165) is 28.3 Å². The van der Waals surface area contributed by atoms with Crippen LogP contribution in [0.5, 0.6) is 11.5 Å². The number of halogens is 1. The SMILES string of the molecule is COc1cc(S(C)(=N)=O)c(OC)cc1CCNCc1cc(C)cc(Cl)c1. The van der Waals surface area contributed by atoms with E-state index in [2.05, 4.69) is 11.4 Å². The van der Waals surface area contributed by atoms with Gasteiger partial charge < -0.3 is 14.8 Å². The summed E-state index contributed by atoms with van der Waals surface area (Å²) in [6.07, 6.45) is 2.08. The van der Waals surface area contributed by atoms with Gasteiger partial charge in [0.05, 0.1) is 28.8 Å². The summed E-state index contributed by atoms with van der Waals surface area (Å²) in [7, 11) is 0.185. The van der Waals surface area contributed by atoms with Crippen molar-refractivity contribution in [1.29, 1.82) is 4.78 Å². The molecule has 26 heavy (non-hydrogen) atoms. The minimum absolute atomic E-state index is 0.350. The Bertz CT molecular complexity index is 862. The molecule has 2 aromatic rings. The number of rotatable bonds is 8. The monoisotopic (exact) mass is 396 g/mol. The number of ether oxygens (including phenoxy) is 2. The van der Waals surface area contributed by atoms with E-state index in [1.54, 1.807) is 19.2 Å². The third kappa shape index (κ3) is 5.37. The molecule has 0 aliphatic heterocycles. The van der Waals surface area contributed by atoms with E-state index in [1.165, 1.54) is 13.4 Å². The van der Waals surface area contributed by atoms with Crippen LogP contribution in [-0.2, 0) is 22.7 Å². The molecular formula is C19H25ClN2O3S. The molecule has 0 saturated carbocycles. The Morgan fingerprint density at radius 2 is 1.81 bits per heavy atom. The average Bonchev–Trinajstić information content (AvgIpc) is 2.56. The van der Waals surface area contributed by atoms with Crippen LogP contribution in [-0.4, -0.2) is 31.2 Å². The highest BCUT2D eigenvalue weighted by atomic mass is 35.5. The summed E-state index contributed by atoms with van der Waals surface area (Å²) in [4.78, 5) is 0.350. The molecule has 2 N–H and O–H groups in total. The first-order chi connectivity index (χ1) is 12.2. The van der Waals surface area contributed by atoms with Crippen molar-refractivity contribution in [3.05, 3.63) is 52.0 Å². The molecule has 1 atom stereocenters. The van der Waals surface area contributed by atoms with E-state index < -0.39 is 9.73 Å². The van der Waals surface area contributed by atoms with E-state index in [0.29, 0.717) is 29.4 Å². The Labute approximate surface area is 160 Å². The molecule has 0 saturated heterocycles. The van der Waals surface area contributed by atoms with Gasteiger partial charge in [0, 0.05) is 23.9 Å². The van der Waals surface area contributed by atoms with Crippen molar-refractivity contribution >= 4 is 21.3 Å². The van der Waals surface area contributed by atoms with Gasteiger partial charge in [-0.2, -0.15) is 0 Å². The number of aryl methyl sites for hydroxylation is 1. The second kappa shape index (κ2) is 8.75. The van der Waals surface area contributed by atoms with Crippen LogP contribution in [0.1, 0.15) is 16.7 Å². The van der Waals surface area contributed by atoms with Gasteiger partial charge in [-0.25, -0.2) is 8.99 Å². The van der Waals surface area contributed by atoms with Gasteiger partial charge in [-0.05, 0) is 54.8 Å². The predicted molar refractivity (Wildman–Crippen MR) is 106 cm³/mol. The van der Waals surface area contributed by atoms with E-state index in [9.17, 15) is 4.21 Å². The molecule has 0 bridgehead atoms. The summed E-state index contributed by atoms with van der Waals surface area (Å²) >= 11 is 6.09. The highest BCUT2D eigenvalue weighted by Crippen LogP contribution is 2.32. The first-order valence-electron chi connectivity index (χ1n) is 8.20. The Morgan fingerprint density at radius 3 is 2.38 bits per heavy atom. The van der Waals surface area contributed by atoms with Gasteiger partial charge in [0.15, 0.2) is 0 Å². The highest BCUT2D eigenvalue weighted by molar-refractivity contribution is 7.91. The van der Waals surface area contributed by atoms with Gasteiger partial charge in [0.1, 0.15) is 11.5 Å².